The third kappa shape index (κ3) is 7.15. The summed E-state index contributed by atoms with van der Waals surface area (Å²) in [6.45, 7) is 0.690. The summed E-state index contributed by atoms with van der Waals surface area (Å²) in [7, 11) is 0. The van der Waals surface area contributed by atoms with Gasteiger partial charge < -0.3 is 10.4 Å². The minimum absolute atomic E-state index is 0.0692. The predicted octanol–water partition coefficient (Wildman–Crippen LogP) is 3.04. The molecule has 1 aliphatic rings. The number of carbonyl (C=O) groups is 3. The lowest BCUT2D eigenvalue weighted by Gasteiger charge is -2.14. The fourth-order valence-corrected chi connectivity index (χ4v) is 3.83. The molecule has 0 spiro atoms. The van der Waals surface area contributed by atoms with E-state index in [2.05, 4.69) is 5.32 Å². The van der Waals surface area contributed by atoms with Crippen molar-refractivity contribution in [2.75, 3.05) is 13.1 Å². The Morgan fingerprint density at radius 1 is 1.15 bits per heavy atom. The van der Waals surface area contributed by atoms with Crippen LogP contribution in [-0.2, 0) is 14.4 Å². The largest absolute Gasteiger partial charge is 0.481 e. The molecule has 0 aromatic heterocycles. The van der Waals surface area contributed by atoms with E-state index >= 15 is 0 Å². The van der Waals surface area contributed by atoms with Crippen LogP contribution in [0.15, 0.2) is 35.2 Å². The first-order chi connectivity index (χ1) is 13.0. The van der Waals surface area contributed by atoms with Gasteiger partial charge in [-0.1, -0.05) is 60.7 Å². The molecular weight excluding hydrogens is 384 g/mol. The van der Waals surface area contributed by atoms with Crippen LogP contribution in [0.2, 0.25) is 0 Å². The summed E-state index contributed by atoms with van der Waals surface area (Å²) in [5, 5.41) is 11.1. The van der Waals surface area contributed by atoms with Gasteiger partial charge in [-0.25, -0.2) is 0 Å². The van der Waals surface area contributed by atoms with Crippen LogP contribution in [0.5, 0.6) is 0 Å². The van der Waals surface area contributed by atoms with Crippen molar-refractivity contribution in [2.24, 2.45) is 0 Å². The van der Waals surface area contributed by atoms with Crippen molar-refractivity contribution >= 4 is 52.2 Å². The van der Waals surface area contributed by atoms with E-state index in [-0.39, 0.29) is 24.8 Å². The number of nitrogens with zero attached hydrogens (tertiary/aromatic N) is 1. The SMILES string of the molecule is O=C(O)CCNC(=O)CCCCCN1C(=O)/C(=C/c2ccccc2)SC1=S. The molecule has 27 heavy (non-hydrogen) atoms. The molecule has 0 saturated carbocycles. The minimum Gasteiger partial charge on any atom is -0.481 e. The average molecular weight is 407 g/mol. The summed E-state index contributed by atoms with van der Waals surface area (Å²) in [4.78, 5) is 36.7. The Morgan fingerprint density at radius 2 is 1.89 bits per heavy atom. The topological polar surface area (TPSA) is 86.7 Å². The van der Waals surface area contributed by atoms with Crippen molar-refractivity contribution in [2.45, 2.75) is 32.1 Å². The Labute approximate surface area is 168 Å². The van der Waals surface area contributed by atoms with Gasteiger partial charge in [0.2, 0.25) is 5.91 Å². The van der Waals surface area contributed by atoms with E-state index in [4.69, 9.17) is 17.3 Å². The lowest BCUT2D eigenvalue weighted by Crippen LogP contribution is -2.29. The fourth-order valence-electron chi connectivity index (χ4n) is 2.52. The zero-order valence-electron chi connectivity index (χ0n) is 14.8. The van der Waals surface area contributed by atoms with Gasteiger partial charge in [0, 0.05) is 19.5 Å². The molecule has 1 fully saturated rings. The van der Waals surface area contributed by atoms with Gasteiger partial charge in [0.1, 0.15) is 4.32 Å². The van der Waals surface area contributed by atoms with Crippen LogP contribution < -0.4 is 5.32 Å². The molecule has 1 aromatic rings. The number of carboxylic acids is 1. The highest BCUT2D eigenvalue weighted by atomic mass is 32.2. The van der Waals surface area contributed by atoms with Gasteiger partial charge in [0.05, 0.1) is 11.3 Å². The first-order valence-corrected chi connectivity index (χ1v) is 9.99. The van der Waals surface area contributed by atoms with E-state index in [1.807, 2.05) is 36.4 Å². The van der Waals surface area contributed by atoms with E-state index in [0.29, 0.717) is 28.6 Å². The number of hydrogen-bond donors (Lipinski definition) is 2. The highest BCUT2D eigenvalue weighted by Crippen LogP contribution is 2.32. The Hall–Kier alpha value is -2.19. The van der Waals surface area contributed by atoms with Crippen LogP contribution in [0.1, 0.15) is 37.7 Å². The second-order valence-electron chi connectivity index (χ2n) is 6.05. The number of thiocarbonyl (C=S) groups is 1. The van der Waals surface area contributed by atoms with Gasteiger partial charge >= 0.3 is 5.97 Å². The van der Waals surface area contributed by atoms with Crippen LogP contribution in [0.4, 0.5) is 0 Å². The van der Waals surface area contributed by atoms with Crippen molar-refractivity contribution < 1.29 is 19.5 Å². The molecule has 1 aromatic carbocycles. The number of hydrogen-bond acceptors (Lipinski definition) is 5. The van der Waals surface area contributed by atoms with Crippen molar-refractivity contribution in [1.29, 1.82) is 0 Å². The van der Waals surface area contributed by atoms with Crippen molar-refractivity contribution in [1.82, 2.24) is 10.2 Å². The first kappa shape index (κ1) is 21.1. The normalized spacial score (nSPS) is 15.4. The van der Waals surface area contributed by atoms with Crippen molar-refractivity contribution in [3.8, 4) is 0 Å². The van der Waals surface area contributed by atoms with E-state index in [1.165, 1.54) is 11.8 Å². The molecule has 2 rings (SSSR count). The maximum absolute atomic E-state index is 12.5. The number of benzene rings is 1. The molecule has 0 radical (unpaired) electrons. The first-order valence-electron chi connectivity index (χ1n) is 8.76. The number of carboxylic acid groups (broad SMARTS) is 1. The second kappa shape index (κ2) is 10.8. The zero-order chi connectivity index (χ0) is 19.6. The maximum atomic E-state index is 12.5. The summed E-state index contributed by atoms with van der Waals surface area (Å²) < 4.78 is 0.564. The molecule has 1 aliphatic heterocycles. The van der Waals surface area contributed by atoms with Gasteiger partial charge in [0.15, 0.2) is 0 Å². The summed E-state index contributed by atoms with van der Waals surface area (Å²) >= 11 is 6.63. The monoisotopic (exact) mass is 406 g/mol. The van der Waals surface area contributed by atoms with Crippen LogP contribution in [0, 0.1) is 0 Å². The van der Waals surface area contributed by atoms with Crippen LogP contribution in [0.25, 0.3) is 6.08 Å². The van der Waals surface area contributed by atoms with Gasteiger partial charge in [0.25, 0.3) is 5.91 Å². The van der Waals surface area contributed by atoms with Crippen molar-refractivity contribution in [3.05, 3.63) is 40.8 Å². The van der Waals surface area contributed by atoms with Gasteiger partial charge in [-0.15, -0.1) is 0 Å². The minimum atomic E-state index is -0.930. The molecule has 144 valence electrons. The summed E-state index contributed by atoms with van der Waals surface area (Å²) in [6.07, 6.45) is 4.37. The molecular formula is C19H22N2O4S2. The molecule has 0 atom stereocenters. The highest BCUT2D eigenvalue weighted by Gasteiger charge is 2.31. The van der Waals surface area contributed by atoms with E-state index < -0.39 is 5.97 Å². The lowest BCUT2D eigenvalue weighted by atomic mass is 10.1. The Balaban J connectivity index is 1.69. The quantitative estimate of drug-likeness (QED) is 0.353. The molecule has 1 heterocycles. The molecule has 6 nitrogen and oxygen atoms in total. The number of aliphatic carboxylic acids is 1. The number of nitrogens with one attached hydrogen (secondary N) is 1. The molecule has 2 amide bonds. The molecule has 0 unspecified atom stereocenters. The molecule has 1 saturated heterocycles. The van der Waals surface area contributed by atoms with E-state index in [9.17, 15) is 14.4 Å². The number of unbranched alkanes of at least 4 members (excludes halogenated alkanes) is 2. The number of rotatable bonds is 10. The lowest BCUT2D eigenvalue weighted by molar-refractivity contribution is -0.137. The van der Waals surface area contributed by atoms with Crippen LogP contribution in [-0.4, -0.2) is 45.2 Å². The third-order valence-electron chi connectivity index (χ3n) is 3.92. The predicted molar refractivity (Wildman–Crippen MR) is 110 cm³/mol. The Bertz CT molecular complexity index is 734. The summed E-state index contributed by atoms with van der Waals surface area (Å²) in [6, 6.07) is 9.64. The maximum Gasteiger partial charge on any atom is 0.305 e. The summed E-state index contributed by atoms with van der Waals surface area (Å²) in [5.41, 5.74) is 0.965. The Kier molecular flexibility index (Phi) is 8.47. The average Bonchev–Trinajstić information content (AvgIpc) is 2.89. The summed E-state index contributed by atoms with van der Waals surface area (Å²) in [5.74, 6) is -1.15. The van der Waals surface area contributed by atoms with Crippen molar-refractivity contribution in [3.63, 3.8) is 0 Å². The van der Waals surface area contributed by atoms with Gasteiger partial charge in [-0.2, -0.15) is 0 Å². The fraction of sp³-hybridized carbons (Fsp3) is 0.368. The van der Waals surface area contributed by atoms with Crippen LogP contribution >= 0.6 is 24.0 Å². The van der Waals surface area contributed by atoms with E-state index in [1.54, 1.807) is 4.90 Å². The number of carbonyl (C=O) groups excluding carboxylic acids is 2. The number of thioether (sulfide) groups is 1. The molecule has 0 aliphatic carbocycles. The standard InChI is InChI=1S/C19H22N2O4S2/c22-16(20-11-10-17(23)24)9-5-2-6-12-21-18(25)15(27-19(21)26)13-14-7-3-1-4-8-14/h1,3-4,7-8,13H,2,5-6,9-12H2,(H,20,22)(H,23,24)/b15-13-. The molecule has 8 heteroatoms. The second-order valence-corrected chi connectivity index (χ2v) is 7.72. The third-order valence-corrected chi connectivity index (χ3v) is 5.30. The molecule has 2 N–H and O–H groups in total. The smallest absolute Gasteiger partial charge is 0.305 e. The molecule has 0 bridgehead atoms. The van der Waals surface area contributed by atoms with Crippen LogP contribution in [0.3, 0.4) is 0 Å². The highest BCUT2D eigenvalue weighted by molar-refractivity contribution is 8.26. The van der Waals surface area contributed by atoms with Gasteiger partial charge in [-0.05, 0) is 24.5 Å². The Morgan fingerprint density at radius 3 is 2.59 bits per heavy atom. The number of amides is 2. The van der Waals surface area contributed by atoms with E-state index in [0.717, 1.165) is 18.4 Å². The van der Waals surface area contributed by atoms with Gasteiger partial charge in [-0.3, -0.25) is 19.3 Å². The zero-order valence-corrected chi connectivity index (χ0v) is 16.5.